The van der Waals surface area contributed by atoms with Crippen molar-refractivity contribution < 1.29 is 9.31 Å². The van der Waals surface area contributed by atoms with Crippen LogP contribution >= 0.6 is 0 Å². The van der Waals surface area contributed by atoms with Crippen molar-refractivity contribution >= 4 is 29.2 Å². The average molecular weight is 518 g/mol. The lowest BCUT2D eigenvalue weighted by molar-refractivity contribution is -0.401. The highest BCUT2D eigenvalue weighted by atomic mass is 16.5. The van der Waals surface area contributed by atoms with Gasteiger partial charge in [-0.1, -0.05) is 57.2 Å². The van der Waals surface area contributed by atoms with Crippen LogP contribution in [-0.4, -0.2) is 30.1 Å². The number of nitrogens with zero attached hydrogens (tertiary/aromatic N) is 2. The molecule has 3 aliphatic rings. The molecule has 3 aromatic carbocycles. The number of hydrogen-bond acceptors (Lipinski definition) is 2. The van der Waals surface area contributed by atoms with Gasteiger partial charge in [0, 0.05) is 41.6 Å². The van der Waals surface area contributed by atoms with E-state index >= 15 is 0 Å². The number of fused-ring (bicyclic) bond motifs is 3. The quantitative estimate of drug-likeness (QED) is 0.318. The molecule has 6 rings (SSSR count). The van der Waals surface area contributed by atoms with Crippen molar-refractivity contribution in [2.24, 2.45) is 0 Å². The standard InChI is InChI=1S/C36H41N2O/c1-33(2,3)26-22-24(18-19-31-34(4,5)27-14-10-12-16-29(27)37(31)8)32-25(23-26)20-21-36(39-32)35(6,7)28-15-11-13-17-30(28)38(36)9/h10-23H,1-9H3/q+1/b19-18+. The molecule has 0 bridgehead atoms. The molecular weight excluding hydrogens is 476 g/mol. The molecule has 39 heavy (non-hydrogen) atoms. The van der Waals surface area contributed by atoms with Gasteiger partial charge in [0.1, 0.15) is 12.8 Å². The summed E-state index contributed by atoms with van der Waals surface area (Å²) in [5, 5.41) is 0. The molecule has 3 heterocycles. The van der Waals surface area contributed by atoms with Crippen LogP contribution in [0.5, 0.6) is 5.75 Å². The maximum Gasteiger partial charge on any atom is 0.211 e. The zero-order chi connectivity index (χ0) is 28.0. The fourth-order valence-electron chi connectivity index (χ4n) is 6.94. The Hall–Kier alpha value is -3.59. The monoisotopic (exact) mass is 517 g/mol. The van der Waals surface area contributed by atoms with Gasteiger partial charge in [0.15, 0.2) is 5.71 Å². The van der Waals surface area contributed by atoms with Gasteiger partial charge in [-0.3, -0.25) is 0 Å². The molecule has 1 unspecified atom stereocenters. The van der Waals surface area contributed by atoms with Crippen molar-refractivity contribution in [1.29, 1.82) is 0 Å². The van der Waals surface area contributed by atoms with Crippen LogP contribution < -0.4 is 9.64 Å². The van der Waals surface area contributed by atoms with E-state index in [-0.39, 0.29) is 16.2 Å². The van der Waals surface area contributed by atoms with Crippen LogP contribution in [0.25, 0.3) is 12.2 Å². The molecule has 200 valence electrons. The number of allylic oxidation sites excluding steroid dienone is 1. The second-order valence-corrected chi connectivity index (χ2v) is 13.5. The second kappa shape index (κ2) is 8.21. The minimum atomic E-state index is -0.609. The minimum Gasteiger partial charge on any atom is -0.462 e. The summed E-state index contributed by atoms with van der Waals surface area (Å²) in [5.41, 5.74) is 9.12. The zero-order valence-electron chi connectivity index (χ0n) is 24.9. The Morgan fingerprint density at radius 3 is 2.21 bits per heavy atom. The van der Waals surface area contributed by atoms with E-state index in [0.29, 0.717) is 0 Å². The van der Waals surface area contributed by atoms with Crippen LogP contribution in [0.3, 0.4) is 0 Å². The summed E-state index contributed by atoms with van der Waals surface area (Å²) in [5.74, 6) is 0.950. The van der Waals surface area contributed by atoms with Crippen LogP contribution in [-0.2, 0) is 16.2 Å². The Morgan fingerprint density at radius 2 is 1.54 bits per heavy atom. The molecule has 3 nitrogen and oxygen atoms in total. The van der Waals surface area contributed by atoms with Gasteiger partial charge >= 0.3 is 0 Å². The molecule has 0 amide bonds. The average Bonchev–Trinajstić information content (AvgIpc) is 3.19. The van der Waals surface area contributed by atoms with E-state index in [1.807, 2.05) is 0 Å². The maximum absolute atomic E-state index is 7.21. The van der Waals surface area contributed by atoms with Crippen molar-refractivity contribution in [3.8, 4) is 5.75 Å². The first-order chi connectivity index (χ1) is 18.3. The number of hydrogen-bond donors (Lipinski definition) is 0. The molecular formula is C36H41N2O+. The van der Waals surface area contributed by atoms with Crippen molar-refractivity contribution in [1.82, 2.24) is 0 Å². The molecule has 3 aromatic rings. The summed E-state index contributed by atoms with van der Waals surface area (Å²) in [6.45, 7) is 16.1. The van der Waals surface area contributed by atoms with Gasteiger partial charge in [-0.05, 0) is 80.7 Å². The Balaban J connectivity index is 1.49. The van der Waals surface area contributed by atoms with E-state index in [9.17, 15) is 0 Å². The fourth-order valence-corrected chi connectivity index (χ4v) is 6.94. The summed E-state index contributed by atoms with van der Waals surface area (Å²) in [6.07, 6.45) is 9.13. The normalized spacial score (nSPS) is 22.3. The molecule has 0 aliphatic carbocycles. The molecule has 0 N–H and O–H groups in total. The van der Waals surface area contributed by atoms with Crippen LogP contribution in [0.1, 0.15) is 76.3 Å². The summed E-state index contributed by atoms with van der Waals surface area (Å²) < 4.78 is 9.54. The molecule has 1 spiro atoms. The van der Waals surface area contributed by atoms with E-state index in [1.54, 1.807) is 0 Å². The predicted octanol–water partition coefficient (Wildman–Crippen LogP) is 8.23. The smallest absolute Gasteiger partial charge is 0.211 e. The van der Waals surface area contributed by atoms with E-state index < -0.39 is 5.72 Å². The van der Waals surface area contributed by atoms with E-state index in [2.05, 4.69) is 157 Å². The first-order valence-corrected chi connectivity index (χ1v) is 14.1. The third-order valence-electron chi connectivity index (χ3n) is 9.45. The van der Waals surface area contributed by atoms with Crippen molar-refractivity contribution in [2.75, 3.05) is 19.0 Å². The van der Waals surface area contributed by atoms with E-state index in [0.717, 1.165) is 16.9 Å². The van der Waals surface area contributed by atoms with Crippen LogP contribution in [0.15, 0.2) is 72.8 Å². The number of rotatable bonds is 2. The number of ether oxygens (including phenoxy) is 1. The summed E-state index contributed by atoms with van der Waals surface area (Å²) in [7, 11) is 4.33. The summed E-state index contributed by atoms with van der Waals surface area (Å²) in [6, 6.07) is 22.1. The molecule has 0 radical (unpaired) electrons. The van der Waals surface area contributed by atoms with Crippen molar-refractivity contribution in [3.05, 3.63) is 101 Å². The Bertz CT molecular complexity index is 1590. The predicted molar refractivity (Wildman–Crippen MR) is 165 cm³/mol. The van der Waals surface area contributed by atoms with Crippen LogP contribution in [0, 0.1) is 0 Å². The Labute approximate surface area is 234 Å². The largest absolute Gasteiger partial charge is 0.462 e. The number of anilines is 1. The summed E-state index contributed by atoms with van der Waals surface area (Å²) >= 11 is 0. The molecule has 3 heteroatoms. The fraction of sp³-hybridized carbons (Fsp3) is 0.361. The van der Waals surface area contributed by atoms with Crippen LogP contribution in [0.2, 0.25) is 0 Å². The SMILES string of the molecule is CN1c2ccccc2C(C)(C)C12C=Cc1cc(C(C)(C)C)cc(/C=C/C3=[N+](C)c4ccccc4C3(C)C)c1O2. The molecule has 3 aliphatic heterocycles. The number of likely N-dealkylation sites (N-methyl/N-ethyl adjacent to an activating group) is 1. The molecule has 0 aromatic heterocycles. The minimum absolute atomic E-state index is 0.0209. The molecule has 0 fully saturated rings. The zero-order valence-corrected chi connectivity index (χ0v) is 24.9. The Morgan fingerprint density at radius 1 is 0.872 bits per heavy atom. The van der Waals surface area contributed by atoms with Gasteiger partial charge in [-0.2, -0.15) is 4.58 Å². The van der Waals surface area contributed by atoms with Gasteiger partial charge < -0.3 is 9.64 Å². The topological polar surface area (TPSA) is 15.5 Å². The van der Waals surface area contributed by atoms with E-state index in [4.69, 9.17) is 4.74 Å². The highest BCUT2D eigenvalue weighted by Crippen LogP contribution is 2.55. The lowest BCUT2D eigenvalue weighted by Crippen LogP contribution is -2.58. The molecule has 0 saturated heterocycles. The van der Waals surface area contributed by atoms with Crippen molar-refractivity contribution in [2.45, 2.75) is 70.4 Å². The van der Waals surface area contributed by atoms with E-state index in [1.165, 1.54) is 33.8 Å². The number of benzene rings is 3. The lowest BCUT2D eigenvalue weighted by atomic mass is 9.76. The second-order valence-electron chi connectivity index (χ2n) is 13.5. The number of para-hydroxylation sites is 2. The highest BCUT2D eigenvalue weighted by Gasteiger charge is 2.57. The first-order valence-electron chi connectivity index (χ1n) is 14.1. The first kappa shape index (κ1) is 25.7. The lowest BCUT2D eigenvalue weighted by Gasteiger charge is -2.46. The Kier molecular flexibility index (Phi) is 5.40. The third-order valence-corrected chi connectivity index (χ3v) is 9.45. The molecule has 0 saturated carbocycles. The van der Waals surface area contributed by atoms with Gasteiger partial charge in [-0.15, -0.1) is 0 Å². The van der Waals surface area contributed by atoms with Gasteiger partial charge in [0.05, 0.1) is 10.8 Å². The van der Waals surface area contributed by atoms with Gasteiger partial charge in [0.25, 0.3) is 0 Å². The van der Waals surface area contributed by atoms with Gasteiger partial charge in [-0.25, -0.2) is 0 Å². The van der Waals surface area contributed by atoms with Crippen LogP contribution in [0.4, 0.5) is 11.4 Å². The molecule has 1 atom stereocenters. The third kappa shape index (κ3) is 3.51. The van der Waals surface area contributed by atoms with Crippen molar-refractivity contribution in [3.63, 3.8) is 0 Å². The highest BCUT2D eigenvalue weighted by molar-refractivity contribution is 6.05. The maximum atomic E-state index is 7.21. The summed E-state index contributed by atoms with van der Waals surface area (Å²) in [4.78, 5) is 2.31. The van der Waals surface area contributed by atoms with Gasteiger partial charge in [0.2, 0.25) is 11.4 Å².